The normalized spacial score (nSPS) is 24.0. The summed E-state index contributed by atoms with van der Waals surface area (Å²) in [7, 11) is -3.68. The minimum absolute atomic E-state index is 0.104. The van der Waals surface area contributed by atoms with Crippen molar-refractivity contribution in [3.63, 3.8) is 0 Å². The van der Waals surface area contributed by atoms with Gasteiger partial charge in [0.05, 0.1) is 10.4 Å². The number of oxazole rings is 1. The van der Waals surface area contributed by atoms with Crippen LogP contribution in [0.15, 0.2) is 32.3 Å². The van der Waals surface area contributed by atoms with Gasteiger partial charge in [-0.25, -0.2) is 13.2 Å². The Bertz CT molecular complexity index is 1120. The molecule has 1 aromatic carbocycles. The Hall–Kier alpha value is -2.13. The van der Waals surface area contributed by atoms with E-state index in [0.717, 1.165) is 19.3 Å². The van der Waals surface area contributed by atoms with Crippen molar-refractivity contribution >= 4 is 27.0 Å². The third kappa shape index (κ3) is 4.43. The molecule has 2 aliphatic rings. The second kappa shape index (κ2) is 8.43. The number of amides is 1. The van der Waals surface area contributed by atoms with E-state index in [1.54, 1.807) is 11.0 Å². The average Bonchev–Trinajstić information content (AvgIpc) is 3.02. The molecular weight excluding hydrogens is 418 g/mol. The van der Waals surface area contributed by atoms with E-state index in [9.17, 15) is 18.0 Å². The number of benzene rings is 1. The summed E-state index contributed by atoms with van der Waals surface area (Å²) in [4.78, 5) is 27.0. The zero-order chi connectivity index (χ0) is 22.3. The van der Waals surface area contributed by atoms with Gasteiger partial charge in [0.1, 0.15) is 6.54 Å². The first-order valence-electron chi connectivity index (χ1n) is 11.1. The fourth-order valence-electron chi connectivity index (χ4n) is 4.80. The van der Waals surface area contributed by atoms with E-state index in [4.69, 9.17) is 4.42 Å². The molecule has 0 aliphatic carbocycles. The third-order valence-corrected chi connectivity index (χ3v) is 8.37. The predicted octanol–water partition coefficient (Wildman–Crippen LogP) is 2.52. The fraction of sp³-hybridized carbons (Fsp3) is 0.636. The maximum atomic E-state index is 13.2. The van der Waals surface area contributed by atoms with Crippen molar-refractivity contribution in [1.82, 2.24) is 13.8 Å². The van der Waals surface area contributed by atoms with E-state index in [-0.39, 0.29) is 22.9 Å². The zero-order valence-electron chi connectivity index (χ0n) is 18.4. The minimum atomic E-state index is -3.68. The van der Waals surface area contributed by atoms with Crippen molar-refractivity contribution in [3.8, 4) is 0 Å². The maximum Gasteiger partial charge on any atom is 0.420 e. The number of piperidine rings is 2. The van der Waals surface area contributed by atoms with Gasteiger partial charge < -0.3 is 9.32 Å². The first-order valence-corrected chi connectivity index (χ1v) is 12.5. The molecule has 0 saturated carbocycles. The zero-order valence-corrected chi connectivity index (χ0v) is 19.2. The Balaban J connectivity index is 1.58. The molecule has 2 fully saturated rings. The van der Waals surface area contributed by atoms with Gasteiger partial charge >= 0.3 is 5.76 Å². The first kappa shape index (κ1) is 22.1. The number of likely N-dealkylation sites (tertiary alicyclic amines) is 1. The SMILES string of the molecule is CC1CCN(C(=O)Cn2c(=O)oc3cc(S(=O)(=O)N4C[C@H](C)C[C@@H](C)C4)ccc32)CC1. The van der Waals surface area contributed by atoms with Crippen LogP contribution in [0.25, 0.3) is 11.1 Å². The number of rotatable bonds is 4. The van der Waals surface area contributed by atoms with E-state index in [0.29, 0.717) is 49.4 Å². The highest BCUT2D eigenvalue weighted by atomic mass is 32.2. The van der Waals surface area contributed by atoms with Crippen LogP contribution in [-0.4, -0.2) is 54.3 Å². The number of nitrogens with zero attached hydrogens (tertiary/aromatic N) is 3. The lowest BCUT2D eigenvalue weighted by Gasteiger charge is -2.34. The van der Waals surface area contributed by atoms with Gasteiger partial charge in [0, 0.05) is 32.2 Å². The first-order chi connectivity index (χ1) is 14.6. The molecule has 1 amide bonds. The van der Waals surface area contributed by atoms with Crippen molar-refractivity contribution < 1.29 is 17.6 Å². The number of sulfonamides is 1. The van der Waals surface area contributed by atoms with Crippen LogP contribution < -0.4 is 5.76 Å². The molecule has 2 atom stereocenters. The molecule has 0 bridgehead atoms. The molecule has 0 spiro atoms. The van der Waals surface area contributed by atoms with E-state index >= 15 is 0 Å². The topological polar surface area (TPSA) is 92.8 Å². The van der Waals surface area contributed by atoms with Gasteiger partial charge in [-0.15, -0.1) is 0 Å². The quantitative estimate of drug-likeness (QED) is 0.715. The van der Waals surface area contributed by atoms with E-state index in [1.807, 2.05) is 0 Å². The van der Waals surface area contributed by atoms with Gasteiger partial charge in [-0.3, -0.25) is 9.36 Å². The lowest BCUT2D eigenvalue weighted by atomic mass is 9.94. The van der Waals surface area contributed by atoms with E-state index in [1.165, 1.54) is 21.0 Å². The minimum Gasteiger partial charge on any atom is -0.408 e. The second-order valence-electron chi connectivity index (χ2n) is 9.42. The van der Waals surface area contributed by atoms with Gasteiger partial charge in [-0.05, 0) is 49.1 Å². The maximum absolute atomic E-state index is 13.2. The molecule has 0 radical (unpaired) electrons. The van der Waals surface area contributed by atoms with E-state index in [2.05, 4.69) is 20.8 Å². The summed E-state index contributed by atoms with van der Waals surface area (Å²) in [6, 6.07) is 4.47. The van der Waals surface area contributed by atoms with Crippen LogP contribution in [0.4, 0.5) is 0 Å². The summed E-state index contributed by atoms with van der Waals surface area (Å²) < 4.78 is 34.5. The van der Waals surface area contributed by atoms with Gasteiger partial charge in [0.2, 0.25) is 15.9 Å². The second-order valence-corrected chi connectivity index (χ2v) is 11.4. The summed E-state index contributed by atoms with van der Waals surface area (Å²) in [6.45, 7) is 8.54. The number of carbonyl (C=O) groups is 1. The summed E-state index contributed by atoms with van der Waals surface area (Å²) in [6.07, 6.45) is 2.93. The lowest BCUT2D eigenvalue weighted by molar-refractivity contribution is -0.133. The molecule has 0 N–H and O–H groups in total. The van der Waals surface area contributed by atoms with Crippen molar-refractivity contribution in [2.24, 2.45) is 17.8 Å². The molecule has 170 valence electrons. The fourth-order valence-corrected chi connectivity index (χ4v) is 6.50. The summed E-state index contributed by atoms with van der Waals surface area (Å²) in [5.74, 6) is 0.427. The molecule has 9 heteroatoms. The van der Waals surface area contributed by atoms with Crippen LogP contribution in [0.1, 0.15) is 40.0 Å². The number of hydrogen-bond donors (Lipinski definition) is 0. The molecule has 4 rings (SSSR count). The predicted molar refractivity (Wildman–Crippen MR) is 117 cm³/mol. The molecule has 8 nitrogen and oxygen atoms in total. The number of carbonyl (C=O) groups excluding carboxylic acids is 1. The number of hydrogen-bond acceptors (Lipinski definition) is 5. The van der Waals surface area contributed by atoms with Gasteiger partial charge in [0.15, 0.2) is 5.58 Å². The Labute approximate surface area is 182 Å². The average molecular weight is 450 g/mol. The lowest BCUT2D eigenvalue weighted by Crippen LogP contribution is -2.42. The van der Waals surface area contributed by atoms with Crippen molar-refractivity contribution in [2.75, 3.05) is 26.2 Å². The third-order valence-electron chi connectivity index (χ3n) is 6.54. The molecule has 1 aromatic heterocycles. The Morgan fingerprint density at radius 3 is 2.35 bits per heavy atom. The molecule has 2 saturated heterocycles. The molecule has 3 heterocycles. The van der Waals surface area contributed by atoms with Crippen LogP contribution in [-0.2, 0) is 21.4 Å². The van der Waals surface area contributed by atoms with Crippen LogP contribution >= 0.6 is 0 Å². The van der Waals surface area contributed by atoms with Gasteiger partial charge in [-0.2, -0.15) is 4.31 Å². The van der Waals surface area contributed by atoms with Gasteiger partial charge in [-0.1, -0.05) is 20.8 Å². The Morgan fingerprint density at radius 2 is 1.71 bits per heavy atom. The highest BCUT2D eigenvalue weighted by Gasteiger charge is 2.32. The van der Waals surface area contributed by atoms with Crippen LogP contribution in [0.5, 0.6) is 0 Å². The summed E-state index contributed by atoms with van der Waals surface area (Å²) >= 11 is 0. The highest BCUT2D eigenvalue weighted by Crippen LogP contribution is 2.28. The smallest absolute Gasteiger partial charge is 0.408 e. The molecular formula is C22H31N3O5S. The molecule has 2 aliphatic heterocycles. The molecule has 0 unspecified atom stereocenters. The van der Waals surface area contributed by atoms with Crippen molar-refractivity contribution in [3.05, 3.63) is 28.7 Å². The van der Waals surface area contributed by atoms with Crippen LogP contribution in [0, 0.1) is 17.8 Å². The Kier molecular flexibility index (Phi) is 6.00. The van der Waals surface area contributed by atoms with Crippen LogP contribution in [0.3, 0.4) is 0 Å². The Morgan fingerprint density at radius 1 is 1.06 bits per heavy atom. The molecule has 2 aromatic rings. The number of aromatic nitrogens is 1. The summed E-state index contributed by atoms with van der Waals surface area (Å²) in [5, 5.41) is 0. The van der Waals surface area contributed by atoms with Crippen molar-refractivity contribution in [1.29, 1.82) is 0 Å². The van der Waals surface area contributed by atoms with Crippen molar-refractivity contribution in [2.45, 2.75) is 51.5 Å². The van der Waals surface area contributed by atoms with Gasteiger partial charge in [0.25, 0.3) is 0 Å². The van der Waals surface area contributed by atoms with E-state index < -0.39 is 15.8 Å². The van der Waals surface area contributed by atoms with Crippen LogP contribution in [0.2, 0.25) is 0 Å². The largest absolute Gasteiger partial charge is 0.420 e. The number of fused-ring (bicyclic) bond motifs is 1. The standard InChI is InChI=1S/C22H31N3O5S/c1-15-6-8-23(9-7-15)21(26)14-25-19-5-4-18(11-20(19)30-22(25)27)31(28,29)24-12-16(2)10-17(3)13-24/h4-5,11,15-17H,6-10,12-14H2,1-3H3/t16-,17-/m1/s1. The molecule has 31 heavy (non-hydrogen) atoms. The summed E-state index contributed by atoms with van der Waals surface area (Å²) in [5.41, 5.74) is 0.618. The highest BCUT2D eigenvalue weighted by molar-refractivity contribution is 7.89. The monoisotopic (exact) mass is 449 g/mol.